The summed E-state index contributed by atoms with van der Waals surface area (Å²) in [4.78, 5) is 0. The molecular formula is C38H64B6. The summed E-state index contributed by atoms with van der Waals surface area (Å²) in [5.74, 6) is 2.56. The maximum Gasteiger partial charge on any atom is 0.0973 e. The zero-order valence-corrected chi connectivity index (χ0v) is 27.7. The van der Waals surface area contributed by atoms with E-state index in [1.165, 1.54) is 65.3 Å². The Kier molecular flexibility index (Phi) is 27.8. The van der Waals surface area contributed by atoms with Crippen molar-refractivity contribution in [3.05, 3.63) is 106 Å². The Morgan fingerprint density at radius 3 is 1.23 bits per heavy atom. The molecule has 234 valence electrons. The highest BCUT2D eigenvalue weighted by Gasteiger charge is 2.30. The van der Waals surface area contributed by atoms with E-state index in [9.17, 15) is 0 Å². The van der Waals surface area contributed by atoms with Gasteiger partial charge in [-0.1, -0.05) is 188 Å². The summed E-state index contributed by atoms with van der Waals surface area (Å²) in [7, 11) is 14.6. The normalized spacial score (nSPS) is 17.4. The Morgan fingerprint density at radius 2 is 1.00 bits per heavy atom. The van der Waals surface area contributed by atoms with Gasteiger partial charge in [-0.15, -0.1) is 0 Å². The molecule has 5 rings (SSSR count). The summed E-state index contributed by atoms with van der Waals surface area (Å²) in [6, 6.07) is 25.3. The minimum absolute atomic E-state index is 0. The minimum Gasteiger partial charge on any atom is -0.0816 e. The van der Waals surface area contributed by atoms with Crippen LogP contribution in [0.1, 0.15) is 95.7 Å². The molecule has 44 heavy (non-hydrogen) atoms. The molecule has 0 aromatic heterocycles. The first-order chi connectivity index (χ1) is 19.5. The van der Waals surface area contributed by atoms with Crippen LogP contribution in [0.25, 0.3) is 0 Å². The topological polar surface area (TPSA) is 0 Å². The zero-order chi connectivity index (χ0) is 30.8. The van der Waals surface area contributed by atoms with Crippen LogP contribution < -0.4 is 0 Å². The van der Waals surface area contributed by atoms with E-state index >= 15 is 0 Å². The van der Waals surface area contributed by atoms with Crippen molar-refractivity contribution in [2.24, 2.45) is 5.92 Å². The van der Waals surface area contributed by atoms with Gasteiger partial charge in [-0.2, -0.15) is 0 Å². The van der Waals surface area contributed by atoms with E-state index in [-0.39, 0.29) is 22.3 Å². The minimum atomic E-state index is 0. The maximum atomic E-state index is 5.49. The summed E-state index contributed by atoms with van der Waals surface area (Å²) in [6.07, 6.45) is 6.73. The summed E-state index contributed by atoms with van der Waals surface area (Å²) in [5.41, 5.74) is 8.07. The van der Waals surface area contributed by atoms with Gasteiger partial charge in [0.2, 0.25) is 0 Å². The monoisotopic (exact) mass is 587 g/mol. The van der Waals surface area contributed by atoms with Gasteiger partial charge in [-0.05, 0) is 52.7 Å². The second-order valence-electron chi connectivity index (χ2n) is 12.6. The van der Waals surface area contributed by atoms with E-state index in [0.717, 1.165) is 24.2 Å². The SMILES string of the molecule is C.C.C.Cc1ccc(C)cc1.Cc1cccc(C)c1.Cc1ccccc1C.[B][B]B1C(C)CC[C@H]1C.[B][B]B1CCC(C)C1. The molecule has 0 N–H and O–H groups in total. The smallest absolute Gasteiger partial charge is 0.0816 e. The fourth-order valence-electron chi connectivity index (χ4n) is 5.38. The molecule has 2 aliphatic heterocycles. The van der Waals surface area contributed by atoms with Crippen molar-refractivity contribution >= 4 is 42.8 Å². The number of hydrogen-bond acceptors (Lipinski definition) is 0. The van der Waals surface area contributed by atoms with Crippen molar-refractivity contribution in [1.82, 2.24) is 0 Å². The summed E-state index contributed by atoms with van der Waals surface area (Å²) in [5, 5.41) is 0. The van der Waals surface area contributed by atoms with E-state index in [4.69, 9.17) is 15.5 Å². The van der Waals surface area contributed by atoms with Crippen molar-refractivity contribution < 1.29 is 0 Å². The highest BCUT2D eigenvalue weighted by molar-refractivity contribution is 7.32. The average molecular weight is 586 g/mol. The lowest BCUT2D eigenvalue weighted by Crippen LogP contribution is -2.26. The molecule has 3 aromatic carbocycles. The van der Waals surface area contributed by atoms with Crippen LogP contribution in [0.15, 0.2) is 72.8 Å². The maximum absolute atomic E-state index is 5.49. The van der Waals surface area contributed by atoms with E-state index in [1.54, 1.807) is 0 Å². The largest absolute Gasteiger partial charge is 0.0973 e. The molecule has 2 aliphatic rings. The predicted molar refractivity (Wildman–Crippen MR) is 214 cm³/mol. The van der Waals surface area contributed by atoms with Gasteiger partial charge in [0.25, 0.3) is 0 Å². The Morgan fingerprint density at radius 1 is 0.568 bits per heavy atom. The van der Waals surface area contributed by atoms with Crippen LogP contribution in [0.4, 0.5) is 0 Å². The summed E-state index contributed by atoms with van der Waals surface area (Å²) < 4.78 is 0. The third-order valence-corrected chi connectivity index (χ3v) is 8.44. The van der Waals surface area contributed by atoms with Crippen molar-refractivity contribution in [1.29, 1.82) is 0 Å². The molecule has 2 heterocycles. The average Bonchev–Trinajstić information content (AvgIpc) is 3.52. The first-order valence-electron chi connectivity index (χ1n) is 15.7. The Balaban J connectivity index is -0.000000470. The van der Waals surface area contributed by atoms with E-state index in [2.05, 4.69) is 135 Å². The molecule has 6 heteroatoms. The lowest BCUT2D eigenvalue weighted by Gasteiger charge is -2.12. The third-order valence-electron chi connectivity index (χ3n) is 8.44. The molecule has 0 bridgehead atoms. The molecule has 3 atom stereocenters. The van der Waals surface area contributed by atoms with Crippen molar-refractivity contribution in [3.63, 3.8) is 0 Å². The second kappa shape index (κ2) is 26.3. The molecule has 3 aromatic rings. The molecule has 0 spiro atoms. The van der Waals surface area contributed by atoms with E-state index in [1.807, 2.05) is 14.1 Å². The van der Waals surface area contributed by atoms with Crippen molar-refractivity contribution in [3.8, 4) is 0 Å². The molecule has 0 nitrogen and oxygen atoms in total. The van der Waals surface area contributed by atoms with Gasteiger partial charge in [0.1, 0.15) is 0 Å². The number of benzene rings is 3. The van der Waals surface area contributed by atoms with E-state index < -0.39 is 0 Å². The molecule has 0 amide bonds. The zero-order valence-electron chi connectivity index (χ0n) is 27.7. The highest BCUT2D eigenvalue weighted by atomic mass is 14.1. The van der Waals surface area contributed by atoms with Gasteiger partial charge in [0.05, 0.1) is 13.2 Å². The molecular weight excluding hydrogens is 521 g/mol. The van der Waals surface area contributed by atoms with Crippen LogP contribution >= 0.6 is 0 Å². The lowest BCUT2D eigenvalue weighted by atomic mass is 9.08. The molecule has 0 saturated carbocycles. The van der Waals surface area contributed by atoms with Crippen LogP contribution in [-0.4, -0.2) is 42.8 Å². The first-order valence-corrected chi connectivity index (χ1v) is 15.7. The molecule has 0 aliphatic carbocycles. The number of hydrogen-bond donors (Lipinski definition) is 0. The standard InChI is InChI=1S/3C8H10.C6H12B3.C5H10B3.3CH4/c1-7-3-5-8(2)6-4-7;1-7-4-3-5-8(2)6-7;1-7-5-3-4-6-8(7)2;1-5-3-4-6(2)9(5)8-7;1-5-2-3-8(4-5)7-6;;;/h3*3-6H,1-2H3;5-6H,3-4H2,1-2H3;5H,2-4H2,1H3;3*1H4/t;;;5-,6?;;;;/m...1..../s1. The summed E-state index contributed by atoms with van der Waals surface area (Å²) in [6.45, 7) is 20.9. The van der Waals surface area contributed by atoms with Crippen LogP contribution in [-0.2, 0) is 0 Å². The van der Waals surface area contributed by atoms with Gasteiger partial charge >= 0.3 is 0 Å². The van der Waals surface area contributed by atoms with Gasteiger partial charge in [-0.3, -0.25) is 0 Å². The number of rotatable bonds is 2. The molecule has 2 unspecified atom stereocenters. The summed E-state index contributed by atoms with van der Waals surface area (Å²) >= 11 is 0. The van der Waals surface area contributed by atoms with Gasteiger partial charge in [0, 0.05) is 29.6 Å². The van der Waals surface area contributed by atoms with Crippen molar-refractivity contribution in [2.75, 3.05) is 0 Å². The fourth-order valence-corrected chi connectivity index (χ4v) is 5.38. The Hall–Kier alpha value is -1.95. The molecule has 2 fully saturated rings. The van der Waals surface area contributed by atoms with Gasteiger partial charge in [0.15, 0.2) is 0 Å². The molecule has 2 saturated heterocycles. The predicted octanol–water partition coefficient (Wildman–Crippen LogP) is 11.0. The number of aryl methyl sites for hydroxylation is 6. The Bertz CT molecular complexity index is 1020. The lowest BCUT2D eigenvalue weighted by molar-refractivity contribution is 0.658. The third kappa shape index (κ3) is 20.2. The van der Waals surface area contributed by atoms with Crippen molar-refractivity contribution in [2.45, 2.75) is 128 Å². The quantitative estimate of drug-likeness (QED) is 0.263. The fraction of sp³-hybridized carbons (Fsp3) is 0.526. The van der Waals surface area contributed by atoms with Gasteiger partial charge < -0.3 is 0 Å². The van der Waals surface area contributed by atoms with E-state index in [0.29, 0.717) is 6.60 Å². The second-order valence-corrected chi connectivity index (χ2v) is 12.6. The van der Waals surface area contributed by atoms with Crippen LogP contribution in [0.5, 0.6) is 0 Å². The highest BCUT2D eigenvalue weighted by Crippen LogP contribution is 2.36. The van der Waals surface area contributed by atoms with Gasteiger partial charge in [-0.25, -0.2) is 0 Å². The van der Waals surface area contributed by atoms with Crippen LogP contribution in [0.2, 0.25) is 24.3 Å². The Labute approximate surface area is 282 Å². The molecule has 6 radical (unpaired) electrons. The first kappa shape index (κ1) is 46.5. The van der Waals surface area contributed by atoms with Crippen LogP contribution in [0, 0.1) is 47.5 Å². The van der Waals surface area contributed by atoms with Crippen LogP contribution in [0.3, 0.4) is 0 Å².